The van der Waals surface area contributed by atoms with Crippen LogP contribution in [-0.4, -0.2) is 17.2 Å². The van der Waals surface area contributed by atoms with Crippen LogP contribution in [0, 0.1) is 6.92 Å². The SMILES string of the molecule is C=N/C=C(/c1cccnc1C)C(C)(C)N. The molecular formula is C12H17N3. The lowest BCUT2D eigenvalue weighted by atomic mass is 9.89. The van der Waals surface area contributed by atoms with E-state index < -0.39 is 5.54 Å². The maximum atomic E-state index is 6.08. The molecule has 3 nitrogen and oxygen atoms in total. The van der Waals surface area contributed by atoms with Gasteiger partial charge in [-0.2, -0.15) is 0 Å². The Morgan fingerprint density at radius 3 is 2.73 bits per heavy atom. The maximum absolute atomic E-state index is 6.08. The normalized spacial score (nSPS) is 12.7. The lowest BCUT2D eigenvalue weighted by Gasteiger charge is -2.23. The quantitative estimate of drug-likeness (QED) is 0.765. The standard InChI is InChI=1S/C12H17N3/c1-9-10(6-5-7-15-9)11(8-14-4)12(2,3)13/h5-8H,4,13H2,1-3H3/b11-8-. The second-order valence-corrected chi connectivity index (χ2v) is 4.08. The molecule has 0 bridgehead atoms. The van der Waals surface area contributed by atoms with Crippen LogP contribution in [0.4, 0.5) is 0 Å². The molecule has 1 aromatic rings. The van der Waals surface area contributed by atoms with E-state index in [-0.39, 0.29) is 0 Å². The van der Waals surface area contributed by atoms with E-state index >= 15 is 0 Å². The van der Waals surface area contributed by atoms with Crippen LogP contribution in [-0.2, 0) is 0 Å². The van der Waals surface area contributed by atoms with Gasteiger partial charge < -0.3 is 5.73 Å². The highest BCUT2D eigenvalue weighted by molar-refractivity contribution is 5.73. The summed E-state index contributed by atoms with van der Waals surface area (Å²) >= 11 is 0. The topological polar surface area (TPSA) is 51.3 Å². The van der Waals surface area contributed by atoms with E-state index in [1.54, 1.807) is 12.4 Å². The van der Waals surface area contributed by atoms with Gasteiger partial charge in [0.15, 0.2) is 0 Å². The zero-order valence-electron chi connectivity index (χ0n) is 9.49. The number of aromatic nitrogens is 1. The Hall–Kier alpha value is -1.48. The number of aryl methyl sites for hydroxylation is 1. The first-order chi connectivity index (χ1) is 6.96. The van der Waals surface area contributed by atoms with Gasteiger partial charge in [-0.25, -0.2) is 0 Å². The fourth-order valence-electron chi connectivity index (χ4n) is 1.44. The monoisotopic (exact) mass is 203 g/mol. The molecule has 0 amide bonds. The number of nitrogens with zero attached hydrogens (tertiary/aromatic N) is 2. The van der Waals surface area contributed by atoms with Gasteiger partial charge in [0.05, 0.1) is 0 Å². The van der Waals surface area contributed by atoms with Gasteiger partial charge in [-0.3, -0.25) is 9.98 Å². The molecule has 15 heavy (non-hydrogen) atoms. The van der Waals surface area contributed by atoms with Crippen LogP contribution in [0.15, 0.2) is 29.5 Å². The predicted octanol–water partition coefficient (Wildman–Crippen LogP) is 2.17. The summed E-state index contributed by atoms with van der Waals surface area (Å²) in [6.45, 7) is 9.31. The number of nitrogens with two attached hydrogens (primary N) is 1. The Bertz CT molecular complexity index is 386. The third-order valence-electron chi connectivity index (χ3n) is 2.21. The molecule has 1 heterocycles. The minimum atomic E-state index is -0.449. The number of hydrogen-bond acceptors (Lipinski definition) is 3. The van der Waals surface area contributed by atoms with Crippen molar-refractivity contribution in [2.75, 3.05) is 0 Å². The summed E-state index contributed by atoms with van der Waals surface area (Å²) in [5.74, 6) is 0. The highest BCUT2D eigenvalue weighted by atomic mass is 14.7. The second-order valence-electron chi connectivity index (χ2n) is 4.08. The molecule has 0 aromatic carbocycles. The Balaban J connectivity index is 3.29. The molecule has 3 heteroatoms. The molecule has 0 radical (unpaired) electrons. The smallest absolute Gasteiger partial charge is 0.0448 e. The highest BCUT2D eigenvalue weighted by Crippen LogP contribution is 2.26. The average molecular weight is 203 g/mol. The Kier molecular flexibility index (Phi) is 3.37. The number of aliphatic imine (C=N–C) groups is 1. The molecule has 0 aliphatic heterocycles. The van der Waals surface area contributed by atoms with E-state index in [0.717, 1.165) is 16.8 Å². The minimum absolute atomic E-state index is 0.449. The zero-order chi connectivity index (χ0) is 11.5. The molecule has 2 N–H and O–H groups in total. The molecule has 80 valence electrons. The van der Waals surface area contributed by atoms with Crippen molar-refractivity contribution in [3.63, 3.8) is 0 Å². The number of hydrogen-bond donors (Lipinski definition) is 1. The summed E-state index contributed by atoms with van der Waals surface area (Å²) < 4.78 is 0. The first-order valence-corrected chi connectivity index (χ1v) is 4.84. The van der Waals surface area contributed by atoms with Crippen LogP contribution < -0.4 is 5.73 Å². The van der Waals surface area contributed by atoms with Crippen LogP contribution in [0.25, 0.3) is 5.57 Å². The first-order valence-electron chi connectivity index (χ1n) is 4.84. The molecule has 0 saturated carbocycles. The molecule has 0 fully saturated rings. The van der Waals surface area contributed by atoms with E-state index in [4.69, 9.17) is 5.73 Å². The second kappa shape index (κ2) is 4.36. The molecular weight excluding hydrogens is 186 g/mol. The molecule has 0 aliphatic rings. The summed E-state index contributed by atoms with van der Waals surface area (Å²) in [5.41, 5.74) is 8.56. The lowest BCUT2D eigenvalue weighted by Crippen LogP contribution is -2.33. The third kappa shape index (κ3) is 2.73. The van der Waals surface area contributed by atoms with E-state index in [0.29, 0.717) is 0 Å². The van der Waals surface area contributed by atoms with Gasteiger partial charge in [-0.05, 0) is 39.1 Å². The lowest BCUT2D eigenvalue weighted by molar-refractivity contribution is 0.673. The minimum Gasteiger partial charge on any atom is -0.322 e. The van der Waals surface area contributed by atoms with Crippen molar-refractivity contribution < 1.29 is 0 Å². The van der Waals surface area contributed by atoms with Gasteiger partial charge in [0, 0.05) is 29.2 Å². The molecule has 1 aromatic heterocycles. The predicted molar refractivity (Wildman–Crippen MR) is 64.8 cm³/mol. The van der Waals surface area contributed by atoms with Crippen LogP contribution in [0.2, 0.25) is 0 Å². The van der Waals surface area contributed by atoms with E-state index in [1.807, 2.05) is 32.9 Å². The van der Waals surface area contributed by atoms with Crippen LogP contribution in [0.1, 0.15) is 25.1 Å². The van der Waals surface area contributed by atoms with Crippen LogP contribution in [0.5, 0.6) is 0 Å². The van der Waals surface area contributed by atoms with Gasteiger partial charge in [-0.15, -0.1) is 0 Å². The Morgan fingerprint density at radius 1 is 1.60 bits per heavy atom. The third-order valence-corrected chi connectivity index (χ3v) is 2.21. The molecule has 1 rings (SSSR count). The van der Waals surface area contributed by atoms with Gasteiger partial charge in [0.1, 0.15) is 0 Å². The fraction of sp³-hybridized carbons (Fsp3) is 0.333. The highest BCUT2D eigenvalue weighted by Gasteiger charge is 2.20. The Morgan fingerprint density at radius 2 is 2.27 bits per heavy atom. The van der Waals surface area contributed by atoms with E-state index in [1.165, 1.54) is 0 Å². The van der Waals surface area contributed by atoms with Crippen molar-refractivity contribution in [2.24, 2.45) is 10.7 Å². The van der Waals surface area contributed by atoms with Crippen LogP contribution >= 0.6 is 0 Å². The van der Waals surface area contributed by atoms with Crippen molar-refractivity contribution in [3.05, 3.63) is 35.8 Å². The van der Waals surface area contributed by atoms with Crippen molar-refractivity contribution in [2.45, 2.75) is 26.3 Å². The number of pyridine rings is 1. The molecule has 0 saturated heterocycles. The van der Waals surface area contributed by atoms with Gasteiger partial charge in [0.2, 0.25) is 0 Å². The van der Waals surface area contributed by atoms with Gasteiger partial charge >= 0.3 is 0 Å². The summed E-state index contributed by atoms with van der Waals surface area (Å²) in [6.07, 6.45) is 3.46. The summed E-state index contributed by atoms with van der Waals surface area (Å²) in [4.78, 5) is 8.04. The molecule has 0 spiro atoms. The largest absolute Gasteiger partial charge is 0.322 e. The Labute approximate surface area is 90.8 Å². The van der Waals surface area contributed by atoms with Gasteiger partial charge in [-0.1, -0.05) is 6.07 Å². The van der Waals surface area contributed by atoms with E-state index in [2.05, 4.69) is 16.7 Å². The maximum Gasteiger partial charge on any atom is 0.0448 e. The molecule has 0 aliphatic carbocycles. The van der Waals surface area contributed by atoms with Crippen molar-refractivity contribution in [1.29, 1.82) is 0 Å². The average Bonchev–Trinajstić information content (AvgIpc) is 2.14. The summed E-state index contributed by atoms with van der Waals surface area (Å²) in [6, 6.07) is 3.89. The van der Waals surface area contributed by atoms with Crippen LogP contribution in [0.3, 0.4) is 0 Å². The molecule has 0 unspecified atom stereocenters. The zero-order valence-corrected chi connectivity index (χ0v) is 9.49. The van der Waals surface area contributed by atoms with E-state index in [9.17, 15) is 0 Å². The first kappa shape index (κ1) is 11.6. The van der Waals surface area contributed by atoms with Crippen molar-refractivity contribution >= 4 is 12.3 Å². The fourth-order valence-corrected chi connectivity index (χ4v) is 1.44. The van der Waals surface area contributed by atoms with Crippen molar-refractivity contribution in [3.8, 4) is 0 Å². The summed E-state index contributed by atoms with van der Waals surface area (Å²) in [5, 5.41) is 0. The van der Waals surface area contributed by atoms with Gasteiger partial charge in [0.25, 0.3) is 0 Å². The summed E-state index contributed by atoms with van der Waals surface area (Å²) in [7, 11) is 0. The van der Waals surface area contributed by atoms with Crippen molar-refractivity contribution in [1.82, 2.24) is 4.98 Å². The molecule has 0 atom stereocenters. The number of rotatable bonds is 3.